The number of aliphatic hydroxyl groups is 2. The summed E-state index contributed by atoms with van der Waals surface area (Å²) in [5, 5.41) is 21.2. The molecule has 0 aliphatic carbocycles. The number of para-hydroxylation sites is 2. The molecule has 36 heavy (non-hydrogen) atoms. The number of hydrogen-bond acceptors (Lipinski definition) is 7. The molecule has 3 aromatic heterocycles. The molecule has 1 atom stereocenters. The van der Waals surface area contributed by atoms with E-state index < -0.39 is 23.3 Å². The Morgan fingerprint density at radius 3 is 2.72 bits per heavy atom. The van der Waals surface area contributed by atoms with Crippen LogP contribution in [0.25, 0.3) is 21.3 Å². The van der Waals surface area contributed by atoms with Gasteiger partial charge in [0.1, 0.15) is 30.7 Å². The number of imidazole rings is 1. The number of nitrogens with one attached hydrogen (secondary N) is 1. The average Bonchev–Trinajstić information content (AvgIpc) is 3.55. The lowest BCUT2D eigenvalue weighted by Gasteiger charge is -2.15. The van der Waals surface area contributed by atoms with Gasteiger partial charge in [-0.05, 0) is 18.1 Å². The van der Waals surface area contributed by atoms with Crippen molar-refractivity contribution in [3.8, 4) is 0 Å². The molecule has 1 aromatic carbocycles. The van der Waals surface area contributed by atoms with Crippen molar-refractivity contribution >= 4 is 38.5 Å². The van der Waals surface area contributed by atoms with Crippen molar-refractivity contribution in [3.05, 3.63) is 61.4 Å². The summed E-state index contributed by atoms with van der Waals surface area (Å²) in [6.45, 7) is 4.18. The van der Waals surface area contributed by atoms with E-state index in [1.807, 2.05) is 42.7 Å². The van der Waals surface area contributed by atoms with Crippen LogP contribution in [0.15, 0.2) is 33.9 Å². The highest BCUT2D eigenvalue weighted by atomic mass is 32.1. The molecule has 0 radical (unpaired) electrons. The number of H-pyrrole nitrogens is 1. The first-order valence-corrected chi connectivity index (χ1v) is 12.5. The lowest BCUT2D eigenvalue weighted by molar-refractivity contribution is -0.671. The largest absolute Gasteiger partial charge is 0.389 e. The molecule has 3 N–H and O–H groups in total. The van der Waals surface area contributed by atoms with E-state index in [1.165, 1.54) is 18.4 Å². The van der Waals surface area contributed by atoms with Gasteiger partial charge in [-0.25, -0.2) is 19.4 Å². The van der Waals surface area contributed by atoms with Crippen molar-refractivity contribution in [1.82, 2.24) is 19.2 Å². The number of hydroxylamine groups is 2. The number of amides is 1. The van der Waals surface area contributed by atoms with Crippen LogP contribution in [0.1, 0.15) is 34.9 Å². The van der Waals surface area contributed by atoms with E-state index in [-0.39, 0.29) is 43.2 Å². The molecule has 0 saturated carbocycles. The Morgan fingerprint density at radius 1 is 1.31 bits per heavy atom. The second-order valence-corrected chi connectivity index (χ2v) is 10.5. The Bertz CT molecular complexity index is 1600. The van der Waals surface area contributed by atoms with Gasteiger partial charge in [-0.3, -0.25) is 23.6 Å². The number of rotatable bonds is 6. The summed E-state index contributed by atoms with van der Waals surface area (Å²) in [7, 11) is 1.40. The average molecular weight is 515 g/mol. The first kappa shape index (κ1) is 24.4. The molecule has 5 rings (SSSR count). The number of aliphatic hydroxyl groups excluding tert-OH is 2. The summed E-state index contributed by atoms with van der Waals surface area (Å²) in [5.41, 5.74) is 0.763. The molecular weight excluding hydrogens is 486 g/mol. The van der Waals surface area contributed by atoms with Gasteiger partial charge in [-0.2, -0.15) is 0 Å². The number of β-amino-alcohol motifs (C(OH)–C–C–N with tert-alkyl or cyclic N) is 1. The van der Waals surface area contributed by atoms with Gasteiger partial charge in [0.05, 0.1) is 22.4 Å². The summed E-state index contributed by atoms with van der Waals surface area (Å²) in [6.07, 6.45) is -0.826. The number of aromatic nitrogens is 4. The van der Waals surface area contributed by atoms with Crippen molar-refractivity contribution in [2.75, 3.05) is 13.2 Å². The normalized spacial score (nSPS) is 16.2. The van der Waals surface area contributed by atoms with Crippen LogP contribution in [0.5, 0.6) is 0 Å². The highest BCUT2D eigenvalue weighted by molar-refractivity contribution is 7.19. The molecule has 0 bridgehead atoms. The molecule has 1 fully saturated rings. The Labute approximate surface area is 209 Å². The fraction of sp³-hybridized carbons (Fsp3) is 0.417. The zero-order valence-corrected chi connectivity index (χ0v) is 21.0. The lowest BCUT2D eigenvalue weighted by Crippen LogP contribution is -2.40. The zero-order chi connectivity index (χ0) is 25.7. The van der Waals surface area contributed by atoms with Crippen LogP contribution in [-0.2, 0) is 31.6 Å². The number of hydrogen-bond donors (Lipinski definition) is 3. The number of thiophene rings is 1. The molecule has 0 unspecified atom stereocenters. The standard InChI is InChI=1S/C24H27N5O6S/c1-13(2)8-28-23-20(21(32)26(3)24(28)34)19(22(33)29-9-14(31)12-35-29)17(36-23)10-27-16-7-5-4-6-15(16)25-18(27)11-30/h4-7,13-14,30-31H,8-12H2,1-3H3/p+1/t14-/m0/s1. The smallest absolute Gasteiger partial charge is 0.331 e. The predicted molar refractivity (Wildman–Crippen MR) is 133 cm³/mol. The van der Waals surface area contributed by atoms with Gasteiger partial charge >= 0.3 is 5.69 Å². The second-order valence-electron chi connectivity index (χ2n) is 9.38. The molecular formula is C24H28N5O6S+. The molecule has 1 saturated heterocycles. The highest BCUT2D eigenvalue weighted by Gasteiger charge is 2.34. The number of benzene rings is 1. The maximum atomic E-state index is 13.7. The Kier molecular flexibility index (Phi) is 6.29. The van der Waals surface area contributed by atoms with Crippen molar-refractivity contribution in [2.24, 2.45) is 13.0 Å². The van der Waals surface area contributed by atoms with Crippen LogP contribution in [0.4, 0.5) is 0 Å². The predicted octanol–water partition coefficient (Wildman–Crippen LogP) is 0.475. The Balaban J connectivity index is 1.79. The van der Waals surface area contributed by atoms with Gasteiger partial charge in [0, 0.05) is 13.6 Å². The molecule has 1 aliphatic rings. The molecule has 12 heteroatoms. The minimum absolute atomic E-state index is 0.0227. The molecule has 11 nitrogen and oxygen atoms in total. The maximum absolute atomic E-state index is 13.7. The van der Waals surface area contributed by atoms with E-state index in [2.05, 4.69) is 4.98 Å². The summed E-state index contributed by atoms with van der Waals surface area (Å²) in [5.74, 6) is 0.104. The third kappa shape index (κ3) is 3.95. The molecule has 1 amide bonds. The van der Waals surface area contributed by atoms with Gasteiger partial charge in [0.25, 0.3) is 17.3 Å². The van der Waals surface area contributed by atoms with Gasteiger partial charge in [-0.15, -0.1) is 11.3 Å². The van der Waals surface area contributed by atoms with Crippen molar-refractivity contribution in [3.63, 3.8) is 0 Å². The molecule has 0 spiro atoms. The van der Waals surface area contributed by atoms with Crippen molar-refractivity contribution in [1.29, 1.82) is 0 Å². The minimum atomic E-state index is -0.826. The Morgan fingerprint density at radius 2 is 2.06 bits per heavy atom. The molecule has 190 valence electrons. The third-order valence-corrected chi connectivity index (χ3v) is 7.48. The molecule has 1 aliphatic heterocycles. The van der Waals surface area contributed by atoms with E-state index in [9.17, 15) is 24.6 Å². The van der Waals surface area contributed by atoms with Crippen LogP contribution in [-0.4, -0.2) is 54.6 Å². The van der Waals surface area contributed by atoms with Gasteiger partial charge in [-0.1, -0.05) is 26.0 Å². The summed E-state index contributed by atoms with van der Waals surface area (Å²) in [4.78, 5) is 49.7. The topological polar surface area (TPSA) is 134 Å². The first-order chi connectivity index (χ1) is 17.2. The quantitative estimate of drug-likeness (QED) is 0.321. The van der Waals surface area contributed by atoms with Gasteiger partial charge in [0.2, 0.25) is 0 Å². The van der Waals surface area contributed by atoms with Crippen LogP contribution >= 0.6 is 11.3 Å². The van der Waals surface area contributed by atoms with Crippen LogP contribution in [0, 0.1) is 5.92 Å². The lowest BCUT2D eigenvalue weighted by atomic mass is 10.1. The van der Waals surface area contributed by atoms with E-state index in [0.29, 0.717) is 22.1 Å². The van der Waals surface area contributed by atoms with Crippen LogP contribution < -0.4 is 15.8 Å². The van der Waals surface area contributed by atoms with Crippen LogP contribution in [0.3, 0.4) is 0 Å². The number of fused-ring (bicyclic) bond motifs is 2. The summed E-state index contributed by atoms with van der Waals surface area (Å²) < 4.78 is 4.42. The van der Waals surface area contributed by atoms with Gasteiger partial charge in [0.15, 0.2) is 11.0 Å². The molecule has 4 heterocycles. The fourth-order valence-corrected chi connectivity index (χ4v) is 5.88. The maximum Gasteiger partial charge on any atom is 0.331 e. The monoisotopic (exact) mass is 514 g/mol. The second kappa shape index (κ2) is 9.28. The minimum Gasteiger partial charge on any atom is -0.389 e. The zero-order valence-electron chi connectivity index (χ0n) is 20.2. The molecule has 4 aromatic rings. The Hall–Kier alpha value is -3.32. The van der Waals surface area contributed by atoms with Crippen molar-refractivity contribution < 1.29 is 24.4 Å². The third-order valence-electron chi connectivity index (χ3n) is 6.28. The first-order valence-electron chi connectivity index (χ1n) is 11.7. The van der Waals surface area contributed by atoms with Gasteiger partial charge < -0.3 is 10.2 Å². The summed E-state index contributed by atoms with van der Waals surface area (Å²) >= 11 is 1.21. The van der Waals surface area contributed by atoms with E-state index in [4.69, 9.17) is 4.84 Å². The van der Waals surface area contributed by atoms with E-state index in [0.717, 1.165) is 20.7 Å². The van der Waals surface area contributed by atoms with Crippen molar-refractivity contribution in [2.45, 2.75) is 39.6 Å². The van der Waals surface area contributed by atoms with E-state index in [1.54, 1.807) is 4.57 Å². The number of carbonyl (C=O) groups excluding carboxylic acids is 1. The van der Waals surface area contributed by atoms with E-state index >= 15 is 0 Å². The SMILES string of the molecule is CC(C)Cn1c(=O)n(C)c(=O)c2c(C(=O)N3C[C@H](O)CO3)c(C[n+]3c(CO)[nH]c4ccccc43)sc21. The van der Waals surface area contributed by atoms with Crippen LogP contribution in [0.2, 0.25) is 0 Å². The number of carbonyl (C=O) groups is 1. The number of aromatic amines is 1. The summed E-state index contributed by atoms with van der Waals surface area (Å²) in [6, 6.07) is 7.54. The highest BCUT2D eigenvalue weighted by Crippen LogP contribution is 2.31. The number of nitrogens with zero attached hydrogens (tertiary/aromatic N) is 4. The fourth-order valence-electron chi connectivity index (χ4n) is 4.61.